The van der Waals surface area contributed by atoms with Gasteiger partial charge in [0.15, 0.2) is 11.9 Å². The van der Waals surface area contributed by atoms with Crippen LogP contribution >= 0.6 is 11.3 Å². The molecule has 0 aliphatic rings. The predicted octanol–water partition coefficient (Wildman–Crippen LogP) is 2.04. The van der Waals surface area contributed by atoms with Gasteiger partial charge in [0.2, 0.25) is 12.7 Å². The predicted molar refractivity (Wildman–Crippen MR) is 97.9 cm³/mol. The van der Waals surface area contributed by atoms with Crippen molar-refractivity contribution in [1.82, 2.24) is 0 Å². The van der Waals surface area contributed by atoms with Gasteiger partial charge < -0.3 is 19.9 Å². The van der Waals surface area contributed by atoms with E-state index in [1.807, 2.05) is 0 Å². The van der Waals surface area contributed by atoms with Crippen LogP contribution in [0.3, 0.4) is 0 Å². The monoisotopic (exact) mass is 393 g/mol. The number of carbonyl (C=O) groups excluding carboxylic acids is 3. The van der Waals surface area contributed by atoms with E-state index in [1.54, 1.807) is 33.0 Å². The van der Waals surface area contributed by atoms with Gasteiger partial charge in [0, 0.05) is 6.07 Å². The number of nitrogens with zero attached hydrogens (tertiary/aromatic N) is 1. The summed E-state index contributed by atoms with van der Waals surface area (Å²) >= 11 is 0.964. The summed E-state index contributed by atoms with van der Waals surface area (Å²) < 4.78 is 11.5. The number of pyridine rings is 1. The molecule has 0 aliphatic carbocycles. The highest BCUT2D eigenvalue weighted by atomic mass is 32.1. The maximum atomic E-state index is 12.4. The van der Waals surface area contributed by atoms with E-state index in [2.05, 4.69) is 5.32 Å². The summed E-state index contributed by atoms with van der Waals surface area (Å²) in [5.74, 6) is -1.59. The number of esters is 2. The van der Waals surface area contributed by atoms with E-state index in [1.165, 1.54) is 16.8 Å². The molecule has 2 N–H and O–H groups in total. The molecule has 0 bridgehead atoms. The summed E-state index contributed by atoms with van der Waals surface area (Å²) in [4.78, 5) is 37.0. The molecule has 0 atom stereocenters. The number of hydrogen-bond donors (Lipinski definition) is 2. The molecule has 1 amide bonds. The summed E-state index contributed by atoms with van der Waals surface area (Å²) in [5.41, 5.74) is 0.538. The van der Waals surface area contributed by atoms with Crippen molar-refractivity contribution in [3.63, 3.8) is 0 Å². The minimum Gasteiger partial charge on any atom is -0.503 e. The Labute approximate surface area is 160 Å². The molecule has 27 heavy (non-hydrogen) atoms. The van der Waals surface area contributed by atoms with Crippen molar-refractivity contribution >= 4 is 34.2 Å². The van der Waals surface area contributed by atoms with Crippen LogP contribution in [0, 0.1) is 6.92 Å². The second kappa shape index (κ2) is 9.13. The lowest BCUT2D eigenvalue weighted by molar-refractivity contribution is -0.684. The Morgan fingerprint density at radius 2 is 1.85 bits per heavy atom. The third kappa shape index (κ3) is 5.04. The van der Waals surface area contributed by atoms with Gasteiger partial charge in [-0.2, -0.15) is 4.57 Å². The Balaban J connectivity index is 2.30. The second-order valence-electron chi connectivity index (χ2n) is 5.48. The molecule has 0 fully saturated rings. The van der Waals surface area contributed by atoms with Crippen molar-refractivity contribution in [3.05, 3.63) is 40.5 Å². The largest absolute Gasteiger partial charge is 0.503 e. The van der Waals surface area contributed by atoms with Gasteiger partial charge in [0.1, 0.15) is 9.88 Å². The normalized spacial score (nSPS) is 10.3. The Hall–Kier alpha value is -2.94. The maximum Gasteiger partial charge on any atom is 0.348 e. The number of ether oxygens (including phenoxy) is 2. The molecule has 0 aromatic carbocycles. The van der Waals surface area contributed by atoms with Crippen molar-refractivity contribution in [2.75, 3.05) is 18.5 Å². The van der Waals surface area contributed by atoms with Crippen molar-refractivity contribution in [2.45, 2.75) is 27.3 Å². The van der Waals surface area contributed by atoms with Gasteiger partial charge >= 0.3 is 11.9 Å². The number of thiophene rings is 1. The summed E-state index contributed by atoms with van der Waals surface area (Å²) in [6.07, 6.45) is 3.02. The molecule has 0 saturated carbocycles. The summed E-state index contributed by atoms with van der Waals surface area (Å²) in [7, 11) is 0. The van der Waals surface area contributed by atoms with Gasteiger partial charge in [-0.25, -0.2) is 9.59 Å². The zero-order valence-corrected chi connectivity index (χ0v) is 16.1. The van der Waals surface area contributed by atoms with E-state index in [9.17, 15) is 19.5 Å². The van der Waals surface area contributed by atoms with E-state index in [0.29, 0.717) is 5.56 Å². The zero-order valence-electron chi connectivity index (χ0n) is 15.3. The Bertz CT molecular complexity index is 862. The maximum absolute atomic E-state index is 12.4. The number of amides is 1. The van der Waals surface area contributed by atoms with Crippen LogP contribution in [0.2, 0.25) is 0 Å². The summed E-state index contributed by atoms with van der Waals surface area (Å²) in [6.45, 7) is 5.23. The number of rotatable bonds is 7. The van der Waals surface area contributed by atoms with Crippen LogP contribution in [0.5, 0.6) is 5.75 Å². The smallest absolute Gasteiger partial charge is 0.348 e. The van der Waals surface area contributed by atoms with E-state index in [0.717, 1.165) is 11.3 Å². The molecule has 0 unspecified atom stereocenters. The topological polar surface area (TPSA) is 106 Å². The lowest BCUT2D eigenvalue weighted by atomic mass is 10.1. The van der Waals surface area contributed by atoms with Gasteiger partial charge in [-0.1, -0.05) is 0 Å². The van der Waals surface area contributed by atoms with E-state index >= 15 is 0 Å². The Morgan fingerprint density at radius 3 is 2.48 bits per heavy atom. The lowest BCUT2D eigenvalue weighted by Gasteiger charge is -2.06. The number of hydrogen-bond acceptors (Lipinski definition) is 7. The van der Waals surface area contributed by atoms with E-state index in [4.69, 9.17) is 9.47 Å². The van der Waals surface area contributed by atoms with Gasteiger partial charge in [0.25, 0.3) is 5.91 Å². The van der Waals surface area contributed by atoms with Crippen molar-refractivity contribution < 1.29 is 33.5 Å². The Kier molecular flexibility index (Phi) is 6.89. The highest BCUT2D eigenvalue weighted by Crippen LogP contribution is 2.34. The molecular formula is C18H21N2O6S+. The fourth-order valence-corrected chi connectivity index (χ4v) is 3.49. The minimum atomic E-state index is -0.623. The summed E-state index contributed by atoms with van der Waals surface area (Å²) in [6, 6.07) is 3.09. The first-order chi connectivity index (χ1) is 12.9. The fourth-order valence-electron chi connectivity index (χ4n) is 2.38. The first kappa shape index (κ1) is 20.4. The highest BCUT2D eigenvalue weighted by Gasteiger charge is 2.27. The molecule has 2 aromatic rings. The van der Waals surface area contributed by atoms with Crippen LogP contribution in [-0.4, -0.2) is 36.2 Å². The number of aromatic hydroxyl groups is 1. The zero-order chi connectivity index (χ0) is 20.0. The average molecular weight is 393 g/mol. The first-order valence-corrected chi connectivity index (χ1v) is 9.14. The SMILES string of the molecule is CCOC(=O)c1sc(NC(=O)C[n+]2cccc(O)c2)c(C(=O)OCC)c1C. The molecule has 9 heteroatoms. The highest BCUT2D eigenvalue weighted by molar-refractivity contribution is 7.18. The average Bonchev–Trinajstić information content (AvgIpc) is 2.91. The standard InChI is InChI=1S/C18H20N2O6S/c1-4-25-17(23)14-11(3)15(18(24)26-5-2)27-16(14)19-13(22)10-20-8-6-7-12(21)9-20/h6-9H,4-5,10H2,1-3H3,(H-,19,21,22,23,24)/p+1. The van der Waals surface area contributed by atoms with Crippen molar-refractivity contribution in [1.29, 1.82) is 0 Å². The van der Waals surface area contributed by atoms with Crippen molar-refractivity contribution in [2.24, 2.45) is 0 Å². The fraction of sp³-hybridized carbons (Fsp3) is 0.333. The number of anilines is 1. The Morgan fingerprint density at radius 1 is 1.19 bits per heavy atom. The first-order valence-electron chi connectivity index (χ1n) is 8.32. The number of aromatic nitrogens is 1. The third-order valence-electron chi connectivity index (χ3n) is 3.51. The van der Waals surface area contributed by atoms with Crippen LogP contribution in [0.25, 0.3) is 0 Å². The van der Waals surface area contributed by atoms with Gasteiger partial charge in [0.05, 0.1) is 18.8 Å². The molecule has 0 saturated heterocycles. The van der Waals surface area contributed by atoms with Crippen LogP contribution in [0.4, 0.5) is 5.00 Å². The van der Waals surface area contributed by atoms with Gasteiger partial charge in [-0.3, -0.25) is 4.79 Å². The van der Waals surface area contributed by atoms with E-state index < -0.39 is 17.8 Å². The molecule has 0 radical (unpaired) electrons. The number of nitrogens with one attached hydrogen (secondary N) is 1. The number of carbonyl (C=O) groups is 3. The van der Waals surface area contributed by atoms with Crippen LogP contribution in [-0.2, 0) is 20.8 Å². The lowest BCUT2D eigenvalue weighted by Crippen LogP contribution is -2.39. The molecule has 2 rings (SSSR count). The van der Waals surface area contributed by atoms with Gasteiger partial charge in [-0.05, 0) is 32.4 Å². The molecule has 144 valence electrons. The molecule has 2 heterocycles. The molecule has 0 spiro atoms. The van der Waals surface area contributed by atoms with Crippen LogP contribution in [0.15, 0.2) is 24.5 Å². The summed E-state index contributed by atoms with van der Waals surface area (Å²) in [5, 5.41) is 12.3. The molecule has 0 aliphatic heterocycles. The molecule has 8 nitrogen and oxygen atoms in total. The van der Waals surface area contributed by atoms with Crippen LogP contribution in [0.1, 0.15) is 39.4 Å². The van der Waals surface area contributed by atoms with E-state index in [-0.39, 0.29) is 40.9 Å². The quantitative estimate of drug-likeness (QED) is 0.551. The van der Waals surface area contributed by atoms with Gasteiger partial charge in [-0.15, -0.1) is 11.3 Å². The van der Waals surface area contributed by atoms with Crippen LogP contribution < -0.4 is 9.88 Å². The second-order valence-corrected chi connectivity index (χ2v) is 6.50. The molecule has 2 aromatic heterocycles. The minimum absolute atomic E-state index is 0.0223. The molecular weight excluding hydrogens is 372 g/mol. The third-order valence-corrected chi connectivity index (χ3v) is 4.70. The van der Waals surface area contributed by atoms with Crippen molar-refractivity contribution in [3.8, 4) is 5.75 Å².